The molecule has 0 saturated carbocycles. The maximum absolute atomic E-state index is 9.13. The molecular weight excluding hydrogens is 250 g/mol. The summed E-state index contributed by atoms with van der Waals surface area (Å²) in [4.78, 5) is 0. The second kappa shape index (κ2) is 6.11. The first kappa shape index (κ1) is 13.2. The maximum atomic E-state index is 9.13. The third kappa shape index (κ3) is 3.40. The quantitative estimate of drug-likeness (QED) is 0.587. The summed E-state index contributed by atoms with van der Waals surface area (Å²) in [6.07, 6.45) is 1.82. The monoisotopic (exact) mass is 266 g/mol. The number of hydrogen-bond donors (Lipinski definition) is 4. The van der Waals surface area contributed by atoms with E-state index in [9.17, 15) is 0 Å². The lowest BCUT2D eigenvalue weighted by Gasteiger charge is -2.21. The van der Waals surface area contributed by atoms with Crippen LogP contribution in [0.25, 0.3) is 0 Å². The highest BCUT2D eigenvalue weighted by atomic mass is 35.5. The number of nitrogens with one attached hydrogen (secondary N) is 2. The van der Waals surface area contributed by atoms with Crippen LogP contribution in [-0.2, 0) is 0 Å². The van der Waals surface area contributed by atoms with E-state index in [0.717, 1.165) is 24.4 Å². The number of piperazine rings is 1. The molecule has 1 aromatic rings. The maximum Gasteiger partial charge on any atom is 0.126 e. The largest absolute Gasteiger partial charge is 0.390 e. The first-order valence-electron chi connectivity index (χ1n) is 5.90. The van der Waals surface area contributed by atoms with Crippen LogP contribution in [0.15, 0.2) is 36.0 Å². The molecule has 1 atom stereocenters. The van der Waals surface area contributed by atoms with Crippen molar-refractivity contribution in [3.8, 4) is 0 Å². The Morgan fingerprint density at radius 2 is 2.44 bits per heavy atom. The fourth-order valence-electron chi connectivity index (χ4n) is 1.96. The van der Waals surface area contributed by atoms with Crippen molar-refractivity contribution in [1.82, 2.24) is 5.32 Å². The van der Waals surface area contributed by atoms with Gasteiger partial charge in [-0.3, -0.25) is 0 Å². The summed E-state index contributed by atoms with van der Waals surface area (Å²) >= 11 is 5.91. The predicted molar refractivity (Wildman–Crippen MR) is 72.0 cm³/mol. The number of nitrogens with two attached hydrogens (primary N) is 1. The molecule has 96 valence electrons. The van der Waals surface area contributed by atoms with Crippen molar-refractivity contribution in [2.45, 2.75) is 6.04 Å². The van der Waals surface area contributed by atoms with Crippen LogP contribution in [-0.4, -0.2) is 36.6 Å². The van der Waals surface area contributed by atoms with E-state index in [1.165, 1.54) is 0 Å². The fourth-order valence-corrected chi connectivity index (χ4v) is 2.15. The molecule has 1 heterocycles. The van der Waals surface area contributed by atoms with Gasteiger partial charge >= 0.3 is 0 Å². The summed E-state index contributed by atoms with van der Waals surface area (Å²) in [6, 6.07) is 7.41. The lowest BCUT2D eigenvalue weighted by molar-refractivity contribution is -0.650. The highest BCUT2D eigenvalue weighted by molar-refractivity contribution is 6.31. The molecule has 2 rings (SSSR count). The molecule has 0 radical (unpaired) electrons. The Labute approximate surface area is 111 Å². The van der Waals surface area contributed by atoms with Crippen LogP contribution < -0.4 is 10.6 Å². The minimum absolute atomic E-state index is 0.134. The Kier molecular flexibility index (Phi) is 4.49. The van der Waals surface area contributed by atoms with Gasteiger partial charge in [-0.2, -0.15) is 0 Å². The number of quaternary nitrogens is 1. The van der Waals surface area contributed by atoms with Gasteiger partial charge in [0.25, 0.3) is 0 Å². The zero-order valence-corrected chi connectivity index (χ0v) is 10.7. The summed E-state index contributed by atoms with van der Waals surface area (Å²) in [6.45, 7) is 1.66. The lowest BCUT2D eigenvalue weighted by Crippen LogP contribution is -2.94. The molecule has 0 spiro atoms. The SMILES string of the molecule is N=C(C=C1CNCC(CO)[NH2+]1)c1cccc(Cl)c1. The Balaban J connectivity index is 2.10. The van der Waals surface area contributed by atoms with E-state index in [2.05, 4.69) is 5.32 Å². The Hall–Kier alpha value is -1.20. The molecule has 1 unspecified atom stereocenters. The number of halogens is 1. The van der Waals surface area contributed by atoms with Crippen LogP contribution >= 0.6 is 11.6 Å². The molecule has 0 bridgehead atoms. The minimum Gasteiger partial charge on any atom is -0.390 e. The van der Waals surface area contributed by atoms with E-state index in [-0.39, 0.29) is 12.6 Å². The van der Waals surface area contributed by atoms with Crippen LogP contribution in [0.4, 0.5) is 0 Å². The van der Waals surface area contributed by atoms with Crippen LogP contribution in [0.2, 0.25) is 5.02 Å². The van der Waals surface area contributed by atoms with Gasteiger partial charge in [0, 0.05) is 16.7 Å². The molecular formula is C13H17ClN3O+. The average molecular weight is 267 g/mol. The molecule has 5 N–H and O–H groups in total. The molecule has 1 aliphatic heterocycles. The first-order chi connectivity index (χ1) is 8.69. The zero-order valence-electron chi connectivity index (χ0n) is 9.99. The van der Waals surface area contributed by atoms with E-state index in [1.54, 1.807) is 12.1 Å². The van der Waals surface area contributed by atoms with Crippen molar-refractivity contribution >= 4 is 17.3 Å². The Morgan fingerprint density at radius 1 is 1.61 bits per heavy atom. The van der Waals surface area contributed by atoms with Crippen LogP contribution in [0.1, 0.15) is 5.56 Å². The van der Waals surface area contributed by atoms with Crippen molar-refractivity contribution in [3.05, 3.63) is 46.6 Å². The molecule has 1 aromatic carbocycles. The third-order valence-corrected chi connectivity index (χ3v) is 3.12. The predicted octanol–water partition coefficient (Wildman–Crippen LogP) is 0.119. The smallest absolute Gasteiger partial charge is 0.126 e. The molecule has 1 saturated heterocycles. The molecule has 0 aromatic heterocycles. The molecule has 18 heavy (non-hydrogen) atoms. The van der Waals surface area contributed by atoms with Gasteiger partial charge in [-0.15, -0.1) is 0 Å². The van der Waals surface area contributed by atoms with Crippen LogP contribution in [0, 0.1) is 5.41 Å². The van der Waals surface area contributed by atoms with E-state index in [1.807, 2.05) is 23.5 Å². The van der Waals surface area contributed by atoms with Crippen molar-refractivity contribution < 1.29 is 10.4 Å². The molecule has 1 aliphatic rings. The molecule has 1 fully saturated rings. The van der Waals surface area contributed by atoms with Crippen molar-refractivity contribution in [2.24, 2.45) is 0 Å². The van der Waals surface area contributed by atoms with E-state index in [0.29, 0.717) is 10.7 Å². The first-order valence-corrected chi connectivity index (χ1v) is 6.28. The van der Waals surface area contributed by atoms with Gasteiger partial charge in [0.05, 0.1) is 25.4 Å². The standard InChI is InChI=1S/C13H16ClN3O/c14-10-3-1-2-9(4-10)13(15)5-11-6-16-7-12(8-18)17-11/h1-5,12,15-18H,6-8H2/p+1. The Bertz CT molecular complexity index is 473. The van der Waals surface area contributed by atoms with Crippen molar-refractivity contribution in [2.75, 3.05) is 19.7 Å². The number of hydrogen-bond acceptors (Lipinski definition) is 3. The molecule has 0 aliphatic carbocycles. The Morgan fingerprint density at radius 3 is 3.17 bits per heavy atom. The molecule has 5 heteroatoms. The number of benzene rings is 1. The van der Waals surface area contributed by atoms with Gasteiger partial charge in [0.1, 0.15) is 11.7 Å². The third-order valence-electron chi connectivity index (χ3n) is 2.89. The molecule has 0 amide bonds. The minimum atomic E-state index is 0.134. The van der Waals surface area contributed by atoms with Gasteiger partial charge in [0.2, 0.25) is 0 Å². The summed E-state index contributed by atoms with van der Waals surface area (Å²) in [5, 5.41) is 23.0. The normalized spacial score (nSPS) is 22.1. The number of aliphatic hydroxyl groups is 1. The van der Waals surface area contributed by atoms with Gasteiger partial charge in [0.15, 0.2) is 0 Å². The van der Waals surface area contributed by atoms with Crippen molar-refractivity contribution in [3.63, 3.8) is 0 Å². The highest BCUT2D eigenvalue weighted by Crippen LogP contribution is 2.11. The van der Waals surface area contributed by atoms with E-state index < -0.39 is 0 Å². The molecule has 4 nitrogen and oxygen atoms in total. The topological polar surface area (TPSA) is 72.7 Å². The number of rotatable bonds is 3. The average Bonchev–Trinajstić information content (AvgIpc) is 2.39. The van der Waals surface area contributed by atoms with Gasteiger partial charge in [-0.1, -0.05) is 23.7 Å². The summed E-state index contributed by atoms with van der Waals surface area (Å²) in [7, 11) is 0. The van der Waals surface area contributed by atoms with Crippen molar-refractivity contribution in [1.29, 1.82) is 5.41 Å². The van der Waals surface area contributed by atoms with E-state index in [4.69, 9.17) is 22.1 Å². The summed E-state index contributed by atoms with van der Waals surface area (Å²) < 4.78 is 0. The fraction of sp³-hybridized carbons (Fsp3) is 0.308. The summed E-state index contributed by atoms with van der Waals surface area (Å²) in [5.41, 5.74) is 2.27. The number of aliphatic hydroxyl groups excluding tert-OH is 1. The van der Waals surface area contributed by atoms with E-state index >= 15 is 0 Å². The van der Waals surface area contributed by atoms with Gasteiger partial charge < -0.3 is 21.1 Å². The zero-order chi connectivity index (χ0) is 13.0. The van der Waals surface area contributed by atoms with Gasteiger partial charge in [-0.05, 0) is 12.1 Å². The number of allylic oxidation sites excluding steroid dienone is 1. The lowest BCUT2D eigenvalue weighted by atomic mass is 10.1. The highest BCUT2D eigenvalue weighted by Gasteiger charge is 2.19. The second-order valence-electron chi connectivity index (χ2n) is 4.38. The van der Waals surface area contributed by atoms with Crippen LogP contribution in [0.3, 0.4) is 0 Å². The van der Waals surface area contributed by atoms with Gasteiger partial charge in [-0.25, -0.2) is 0 Å². The second-order valence-corrected chi connectivity index (χ2v) is 4.82. The van der Waals surface area contributed by atoms with Crippen LogP contribution in [0.5, 0.6) is 0 Å². The summed E-state index contributed by atoms with van der Waals surface area (Å²) in [5.74, 6) is 0.